The Kier molecular flexibility index (Phi) is 5.17. The minimum Gasteiger partial charge on any atom is -0.370 e. The molecule has 0 radical (unpaired) electrons. The largest absolute Gasteiger partial charge is 0.370 e. The standard InChI is InChI=1S/C15H16BrClFN3/c1-4-11-20-14(8(3)15(21-11)19-5-2)9-6-7-10(16)12(17)13(9)18/h6-7H,4-5H2,1-3H3,(H,19,20,21). The molecule has 0 amide bonds. The Morgan fingerprint density at radius 1 is 1.29 bits per heavy atom. The summed E-state index contributed by atoms with van der Waals surface area (Å²) in [4.78, 5) is 8.92. The Morgan fingerprint density at radius 2 is 2.00 bits per heavy atom. The number of aryl methyl sites for hydroxylation is 1. The van der Waals surface area contributed by atoms with Crippen LogP contribution < -0.4 is 5.32 Å². The predicted molar refractivity (Wildman–Crippen MR) is 88.4 cm³/mol. The maximum atomic E-state index is 14.4. The second kappa shape index (κ2) is 6.71. The fraction of sp³-hybridized carbons (Fsp3) is 0.333. The molecule has 0 atom stereocenters. The molecule has 0 unspecified atom stereocenters. The van der Waals surface area contributed by atoms with Gasteiger partial charge in [-0.25, -0.2) is 14.4 Å². The molecule has 21 heavy (non-hydrogen) atoms. The molecule has 1 aromatic heterocycles. The number of anilines is 1. The molecule has 3 nitrogen and oxygen atoms in total. The molecular weight excluding hydrogens is 357 g/mol. The maximum absolute atomic E-state index is 14.4. The summed E-state index contributed by atoms with van der Waals surface area (Å²) in [6.45, 7) is 6.57. The van der Waals surface area contributed by atoms with Crippen LogP contribution in [0.5, 0.6) is 0 Å². The summed E-state index contributed by atoms with van der Waals surface area (Å²) in [5.74, 6) is 0.931. The first-order valence-corrected chi connectivity index (χ1v) is 7.91. The zero-order chi connectivity index (χ0) is 15.6. The zero-order valence-corrected chi connectivity index (χ0v) is 14.4. The lowest BCUT2D eigenvalue weighted by atomic mass is 10.1. The Hall–Kier alpha value is -1.20. The molecule has 0 aliphatic rings. The van der Waals surface area contributed by atoms with Crippen molar-refractivity contribution in [3.05, 3.63) is 38.8 Å². The van der Waals surface area contributed by atoms with E-state index in [0.29, 0.717) is 28.0 Å². The number of hydrogen-bond acceptors (Lipinski definition) is 3. The molecule has 1 aromatic carbocycles. The van der Waals surface area contributed by atoms with Gasteiger partial charge in [0.15, 0.2) is 5.82 Å². The van der Waals surface area contributed by atoms with Crippen molar-refractivity contribution in [2.24, 2.45) is 0 Å². The molecule has 2 aromatic rings. The van der Waals surface area contributed by atoms with E-state index in [1.807, 2.05) is 20.8 Å². The highest BCUT2D eigenvalue weighted by atomic mass is 79.9. The van der Waals surface area contributed by atoms with Gasteiger partial charge in [-0.2, -0.15) is 0 Å². The van der Waals surface area contributed by atoms with Crippen molar-refractivity contribution in [2.75, 3.05) is 11.9 Å². The molecular formula is C15H16BrClFN3. The summed E-state index contributed by atoms with van der Waals surface area (Å²) in [6, 6.07) is 3.40. The van der Waals surface area contributed by atoms with Crippen molar-refractivity contribution < 1.29 is 4.39 Å². The van der Waals surface area contributed by atoms with Gasteiger partial charge in [0.25, 0.3) is 0 Å². The first kappa shape index (κ1) is 16.2. The summed E-state index contributed by atoms with van der Waals surface area (Å²) in [5.41, 5.74) is 1.77. The van der Waals surface area contributed by atoms with Gasteiger partial charge in [0, 0.05) is 28.6 Å². The molecule has 112 valence electrons. The predicted octanol–water partition coefficient (Wildman–Crippen LogP) is 5.00. The van der Waals surface area contributed by atoms with Gasteiger partial charge in [0.2, 0.25) is 0 Å². The van der Waals surface area contributed by atoms with Crippen molar-refractivity contribution in [1.29, 1.82) is 0 Å². The number of nitrogens with zero attached hydrogens (tertiary/aromatic N) is 2. The summed E-state index contributed by atoms with van der Waals surface area (Å²) in [7, 11) is 0. The topological polar surface area (TPSA) is 37.8 Å². The number of aromatic nitrogens is 2. The molecule has 0 bridgehead atoms. The Morgan fingerprint density at radius 3 is 2.62 bits per heavy atom. The lowest BCUT2D eigenvalue weighted by molar-refractivity contribution is 0.630. The number of hydrogen-bond donors (Lipinski definition) is 1. The smallest absolute Gasteiger partial charge is 0.152 e. The monoisotopic (exact) mass is 371 g/mol. The van der Waals surface area contributed by atoms with E-state index >= 15 is 0 Å². The summed E-state index contributed by atoms with van der Waals surface area (Å²) in [6.07, 6.45) is 0.678. The lowest BCUT2D eigenvalue weighted by Gasteiger charge is -2.14. The van der Waals surface area contributed by atoms with Crippen LogP contribution in [0.15, 0.2) is 16.6 Å². The molecule has 1 heterocycles. The summed E-state index contributed by atoms with van der Waals surface area (Å²) in [5, 5.41) is 3.25. The van der Waals surface area contributed by atoms with Gasteiger partial charge in [0.1, 0.15) is 11.6 Å². The molecule has 0 aliphatic heterocycles. The molecule has 0 aliphatic carbocycles. The van der Waals surface area contributed by atoms with E-state index in [4.69, 9.17) is 11.6 Å². The first-order valence-electron chi connectivity index (χ1n) is 6.74. The minimum absolute atomic E-state index is 0.0635. The second-order valence-corrected chi connectivity index (χ2v) is 5.80. The molecule has 1 N–H and O–H groups in total. The molecule has 6 heteroatoms. The fourth-order valence-corrected chi connectivity index (χ4v) is 2.50. The van der Waals surface area contributed by atoms with Gasteiger partial charge >= 0.3 is 0 Å². The van der Waals surface area contributed by atoms with Gasteiger partial charge < -0.3 is 5.32 Å². The van der Waals surface area contributed by atoms with Gasteiger partial charge in [-0.1, -0.05) is 18.5 Å². The van der Waals surface area contributed by atoms with Crippen molar-refractivity contribution >= 4 is 33.3 Å². The highest BCUT2D eigenvalue weighted by Gasteiger charge is 2.18. The fourth-order valence-electron chi connectivity index (χ4n) is 2.03. The van der Waals surface area contributed by atoms with E-state index in [1.165, 1.54) is 0 Å². The van der Waals surface area contributed by atoms with E-state index in [-0.39, 0.29) is 5.02 Å². The number of nitrogens with one attached hydrogen (secondary N) is 1. The Labute approximate surface area is 137 Å². The number of rotatable bonds is 4. The van der Waals surface area contributed by atoms with E-state index in [2.05, 4.69) is 31.2 Å². The molecule has 0 saturated carbocycles. The summed E-state index contributed by atoms with van der Waals surface area (Å²) < 4.78 is 15.0. The average Bonchev–Trinajstić information content (AvgIpc) is 2.48. The third-order valence-corrected chi connectivity index (χ3v) is 4.40. The van der Waals surface area contributed by atoms with Crippen LogP contribution in [-0.4, -0.2) is 16.5 Å². The van der Waals surface area contributed by atoms with Crippen molar-refractivity contribution in [3.63, 3.8) is 0 Å². The second-order valence-electron chi connectivity index (χ2n) is 4.57. The van der Waals surface area contributed by atoms with Crippen LogP contribution in [0.1, 0.15) is 25.2 Å². The van der Waals surface area contributed by atoms with Crippen LogP contribution in [0.25, 0.3) is 11.3 Å². The van der Waals surface area contributed by atoms with Crippen molar-refractivity contribution in [2.45, 2.75) is 27.2 Å². The normalized spacial score (nSPS) is 10.8. The molecule has 2 rings (SSSR count). The van der Waals surface area contributed by atoms with E-state index < -0.39 is 5.82 Å². The third kappa shape index (κ3) is 3.19. The lowest BCUT2D eigenvalue weighted by Crippen LogP contribution is -2.08. The van der Waals surface area contributed by atoms with Crippen molar-refractivity contribution in [3.8, 4) is 11.3 Å². The Bertz CT molecular complexity index is 676. The molecule has 0 spiro atoms. The van der Waals surface area contributed by atoms with Crippen LogP contribution in [0.4, 0.5) is 10.2 Å². The maximum Gasteiger partial charge on any atom is 0.152 e. The van der Waals surface area contributed by atoms with Crippen LogP contribution >= 0.6 is 27.5 Å². The highest BCUT2D eigenvalue weighted by Crippen LogP contribution is 2.34. The van der Waals surface area contributed by atoms with Crippen LogP contribution in [-0.2, 0) is 6.42 Å². The van der Waals surface area contributed by atoms with Gasteiger partial charge in [-0.15, -0.1) is 0 Å². The van der Waals surface area contributed by atoms with E-state index in [1.54, 1.807) is 12.1 Å². The zero-order valence-electron chi connectivity index (χ0n) is 12.1. The van der Waals surface area contributed by atoms with Crippen LogP contribution in [0.3, 0.4) is 0 Å². The minimum atomic E-state index is -0.475. The van der Waals surface area contributed by atoms with E-state index in [0.717, 1.165) is 17.9 Å². The number of benzene rings is 1. The van der Waals surface area contributed by atoms with Crippen LogP contribution in [0.2, 0.25) is 5.02 Å². The van der Waals surface area contributed by atoms with Gasteiger partial charge in [-0.05, 0) is 41.9 Å². The average molecular weight is 373 g/mol. The van der Waals surface area contributed by atoms with Crippen molar-refractivity contribution in [1.82, 2.24) is 9.97 Å². The Balaban J connectivity index is 2.68. The third-order valence-electron chi connectivity index (χ3n) is 3.14. The van der Waals surface area contributed by atoms with Crippen LogP contribution in [0, 0.1) is 12.7 Å². The van der Waals surface area contributed by atoms with E-state index in [9.17, 15) is 4.39 Å². The van der Waals surface area contributed by atoms with Gasteiger partial charge in [-0.3, -0.25) is 0 Å². The molecule has 0 saturated heterocycles. The quantitative estimate of drug-likeness (QED) is 0.767. The number of halogens is 3. The highest BCUT2D eigenvalue weighted by molar-refractivity contribution is 9.10. The van der Waals surface area contributed by atoms with Gasteiger partial charge in [0.05, 0.1) is 10.7 Å². The molecule has 0 fully saturated rings. The first-order chi connectivity index (χ1) is 9.99. The SMILES string of the molecule is CCNc1nc(CC)nc(-c2ccc(Br)c(Cl)c2F)c1C. The summed E-state index contributed by atoms with van der Waals surface area (Å²) >= 11 is 9.20.